The lowest BCUT2D eigenvalue weighted by Gasteiger charge is -2.02. The minimum Gasteiger partial charge on any atom is -0.466 e. The molecular formula is C9H12ClNO2. The summed E-state index contributed by atoms with van der Waals surface area (Å²) < 4.78 is 6.63. The average Bonchev–Trinajstić information content (AvgIpc) is 2.30. The Balaban J connectivity index is 2.63. The van der Waals surface area contributed by atoms with Gasteiger partial charge in [-0.2, -0.15) is 0 Å². The molecule has 0 radical (unpaired) electrons. The van der Waals surface area contributed by atoms with Crippen LogP contribution in [0.4, 0.5) is 0 Å². The van der Waals surface area contributed by atoms with Gasteiger partial charge in [0.15, 0.2) is 0 Å². The Morgan fingerprint density at radius 1 is 1.69 bits per heavy atom. The second-order valence-electron chi connectivity index (χ2n) is 2.74. The van der Waals surface area contributed by atoms with Crippen LogP contribution >= 0.6 is 11.6 Å². The highest BCUT2D eigenvalue weighted by Crippen LogP contribution is 2.13. The number of hydrogen-bond acceptors (Lipinski definition) is 2. The smallest absolute Gasteiger partial charge is 0.311 e. The van der Waals surface area contributed by atoms with Gasteiger partial charge in [0.2, 0.25) is 0 Å². The number of aryl methyl sites for hydroxylation is 1. The number of halogens is 1. The van der Waals surface area contributed by atoms with Crippen LogP contribution in [0.15, 0.2) is 12.3 Å². The van der Waals surface area contributed by atoms with Gasteiger partial charge in [0.1, 0.15) is 0 Å². The van der Waals surface area contributed by atoms with Gasteiger partial charge in [0.05, 0.1) is 18.1 Å². The highest BCUT2D eigenvalue weighted by Gasteiger charge is 2.07. The Kier molecular flexibility index (Phi) is 3.37. The second-order valence-corrected chi connectivity index (χ2v) is 3.18. The maximum Gasteiger partial charge on any atom is 0.311 e. The van der Waals surface area contributed by atoms with Gasteiger partial charge < -0.3 is 9.30 Å². The van der Waals surface area contributed by atoms with Crippen molar-refractivity contribution in [1.29, 1.82) is 0 Å². The van der Waals surface area contributed by atoms with Crippen molar-refractivity contribution in [3.63, 3.8) is 0 Å². The molecule has 1 aromatic heterocycles. The Morgan fingerprint density at radius 3 is 2.85 bits per heavy atom. The fourth-order valence-corrected chi connectivity index (χ4v) is 1.37. The molecule has 0 fully saturated rings. The third-order valence-electron chi connectivity index (χ3n) is 1.71. The van der Waals surface area contributed by atoms with Crippen LogP contribution in [0, 0.1) is 0 Å². The summed E-state index contributed by atoms with van der Waals surface area (Å²) in [6.45, 7) is 2.20. The molecule has 0 aliphatic heterocycles. The van der Waals surface area contributed by atoms with Crippen molar-refractivity contribution in [3.8, 4) is 0 Å². The molecule has 1 rings (SSSR count). The van der Waals surface area contributed by atoms with Crippen molar-refractivity contribution in [2.75, 3.05) is 6.61 Å². The third kappa shape index (κ3) is 2.77. The minimum absolute atomic E-state index is 0.222. The summed E-state index contributed by atoms with van der Waals surface area (Å²) in [5, 5.41) is 0.641. The van der Waals surface area contributed by atoms with E-state index in [1.165, 1.54) is 0 Å². The average molecular weight is 202 g/mol. The number of ether oxygens (including phenoxy) is 1. The summed E-state index contributed by atoms with van der Waals surface area (Å²) in [6.07, 6.45) is 2.03. The summed E-state index contributed by atoms with van der Waals surface area (Å²) in [4.78, 5) is 11.1. The number of rotatable bonds is 3. The van der Waals surface area contributed by atoms with Gasteiger partial charge in [-0.25, -0.2) is 0 Å². The van der Waals surface area contributed by atoms with Crippen LogP contribution in [0.3, 0.4) is 0 Å². The Morgan fingerprint density at radius 2 is 2.38 bits per heavy atom. The molecule has 0 saturated carbocycles. The first-order chi connectivity index (χ1) is 6.13. The normalized spacial score (nSPS) is 10.1. The van der Waals surface area contributed by atoms with Crippen LogP contribution in [0.5, 0.6) is 0 Å². The topological polar surface area (TPSA) is 31.2 Å². The molecule has 0 aromatic carbocycles. The first-order valence-electron chi connectivity index (χ1n) is 4.10. The van der Waals surface area contributed by atoms with Crippen molar-refractivity contribution >= 4 is 17.6 Å². The molecule has 0 atom stereocenters. The molecule has 13 heavy (non-hydrogen) atoms. The van der Waals surface area contributed by atoms with Crippen LogP contribution in [0.25, 0.3) is 0 Å². The van der Waals surface area contributed by atoms with E-state index >= 15 is 0 Å². The zero-order chi connectivity index (χ0) is 9.84. The van der Waals surface area contributed by atoms with E-state index < -0.39 is 0 Å². The Hall–Kier alpha value is -0.960. The molecule has 3 nitrogen and oxygen atoms in total. The molecular weight excluding hydrogens is 190 g/mol. The highest BCUT2D eigenvalue weighted by atomic mass is 35.5. The lowest BCUT2D eigenvalue weighted by Crippen LogP contribution is -2.09. The Labute approximate surface area is 82.3 Å². The maximum atomic E-state index is 11.1. The zero-order valence-corrected chi connectivity index (χ0v) is 8.47. The molecule has 0 aliphatic carbocycles. The van der Waals surface area contributed by atoms with Gasteiger partial charge in [-0.3, -0.25) is 4.79 Å². The minimum atomic E-state index is -0.222. The molecule has 1 aromatic rings. The number of aromatic nitrogens is 1. The third-order valence-corrected chi connectivity index (χ3v) is 1.91. The largest absolute Gasteiger partial charge is 0.466 e. The van der Waals surface area contributed by atoms with Crippen LogP contribution < -0.4 is 0 Å². The van der Waals surface area contributed by atoms with Crippen molar-refractivity contribution in [3.05, 3.63) is 23.0 Å². The first kappa shape index (κ1) is 10.1. The Bertz CT molecular complexity index is 307. The van der Waals surface area contributed by atoms with E-state index in [9.17, 15) is 4.79 Å². The molecule has 1 heterocycles. The van der Waals surface area contributed by atoms with E-state index in [1.807, 2.05) is 11.6 Å². The van der Waals surface area contributed by atoms with Crippen LogP contribution in [-0.4, -0.2) is 17.1 Å². The van der Waals surface area contributed by atoms with E-state index in [-0.39, 0.29) is 12.4 Å². The van der Waals surface area contributed by atoms with Crippen LogP contribution in [0.1, 0.15) is 12.6 Å². The molecule has 0 unspecified atom stereocenters. The number of hydrogen-bond donors (Lipinski definition) is 0. The molecule has 0 N–H and O–H groups in total. The molecule has 0 bridgehead atoms. The molecule has 72 valence electrons. The van der Waals surface area contributed by atoms with E-state index in [0.29, 0.717) is 11.6 Å². The lowest BCUT2D eigenvalue weighted by atomic mass is 10.3. The van der Waals surface area contributed by atoms with Gasteiger partial charge in [0.25, 0.3) is 0 Å². The molecule has 0 saturated heterocycles. The summed E-state index contributed by atoms with van der Waals surface area (Å²) in [7, 11) is 1.85. The molecule has 0 aliphatic rings. The van der Waals surface area contributed by atoms with E-state index in [2.05, 4.69) is 0 Å². The molecule has 4 heteroatoms. The van der Waals surface area contributed by atoms with E-state index in [0.717, 1.165) is 5.69 Å². The maximum absolute atomic E-state index is 11.1. The summed E-state index contributed by atoms with van der Waals surface area (Å²) in [6, 6.07) is 1.76. The van der Waals surface area contributed by atoms with E-state index in [4.69, 9.17) is 16.3 Å². The van der Waals surface area contributed by atoms with Gasteiger partial charge in [-0.15, -0.1) is 0 Å². The fourth-order valence-electron chi connectivity index (χ4n) is 1.10. The van der Waals surface area contributed by atoms with Crippen LogP contribution in [-0.2, 0) is 23.0 Å². The van der Waals surface area contributed by atoms with Crippen molar-refractivity contribution in [2.45, 2.75) is 13.3 Å². The zero-order valence-electron chi connectivity index (χ0n) is 7.71. The number of carbonyl (C=O) groups excluding carboxylic acids is 1. The van der Waals surface area contributed by atoms with Gasteiger partial charge in [0, 0.05) is 18.9 Å². The monoisotopic (exact) mass is 201 g/mol. The number of esters is 1. The predicted octanol–water partition coefficient (Wildman–Crippen LogP) is 1.78. The fraction of sp³-hybridized carbons (Fsp3) is 0.444. The standard InChI is InChI=1S/C9H12ClNO2/c1-3-13-9(12)5-8-4-7(10)6-11(8)2/h4,6H,3,5H2,1-2H3. The van der Waals surface area contributed by atoms with Crippen molar-refractivity contribution in [1.82, 2.24) is 4.57 Å². The van der Waals surface area contributed by atoms with Gasteiger partial charge >= 0.3 is 5.97 Å². The van der Waals surface area contributed by atoms with Gasteiger partial charge in [-0.05, 0) is 13.0 Å². The van der Waals surface area contributed by atoms with Crippen molar-refractivity contribution in [2.24, 2.45) is 7.05 Å². The summed E-state index contributed by atoms with van der Waals surface area (Å²) >= 11 is 5.75. The van der Waals surface area contributed by atoms with Gasteiger partial charge in [-0.1, -0.05) is 11.6 Å². The number of carbonyl (C=O) groups is 1. The van der Waals surface area contributed by atoms with Crippen molar-refractivity contribution < 1.29 is 9.53 Å². The SMILES string of the molecule is CCOC(=O)Cc1cc(Cl)cn1C. The van der Waals surface area contributed by atoms with E-state index in [1.54, 1.807) is 19.2 Å². The highest BCUT2D eigenvalue weighted by molar-refractivity contribution is 6.30. The second kappa shape index (κ2) is 4.33. The predicted molar refractivity (Wildman–Crippen MR) is 50.8 cm³/mol. The molecule has 0 spiro atoms. The quantitative estimate of drug-likeness (QED) is 0.699. The summed E-state index contributed by atoms with van der Waals surface area (Å²) in [5.74, 6) is -0.222. The first-order valence-corrected chi connectivity index (χ1v) is 4.47. The summed E-state index contributed by atoms with van der Waals surface area (Å²) in [5.41, 5.74) is 0.864. The van der Waals surface area contributed by atoms with Crippen LogP contribution in [0.2, 0.25) is 5.02 Å². The lowest BCUT2D eigenvalue weighted by molar-refractivity contribution is -0.142. The number of nitrogens with zero attached hydrogens (tertiary/aromatic N) is 1. The molecule has 0 amide bonds.